The van der Waals surface area contributed by atoms with Gasteiger partial charge in [0.05, 0.1) is 20.0 Å². The van der Waals surface area contributed by atoms with Crippen LogP contribution in [0, 0.1) is 5.41 Å². The number of nitrogens with one attached hydrogen (secondary N) is 1. The Morgan fingerprint density at radius 1 is 1.15 bits per heavy atom. The first-order valence-electron chi connectivity index (χ1n) is 10.3. The van der Waals surface area contributed by atoms with Crippen LogP contribution in [0.2, 0.25) is 10.0 Å². The number of aromatic nitrogens is 3. The van der Waals surface area contributed by atoms with Crippen molar-refractivity contribution < 1.29 is 4.79 Å². The van der Waals surface area contributed by atoms with E-state index in [1.807, 2.05) is 49.5 Å². The monoisotopic (exact) mass is 512 g/mol. The lowest BCUT2D eigenvalue weighted by atomic mass is 10.0. The van der Waals surface area contributed by atoms with Gasteiger partial charge in [0.15, 0.2) is 5.78 Å². The summed E-state index contributed by atoms with van der Waals surface area (Å²) >= 11 is 14.9. The van der Waals surface area contributed by atoms with Crippen molar-refractivity contribution in [1.29, 1.82) is 5.41 Å². The van der Waals surface area contributed by atoms with E-state index in [0.717, 1.165) is 33.5 Å². The van der Waals surface area contributed by atoms with Gasteiger partial charge in [-0.15, -0.1) is 21.5 Å². The number of carbonyl (C=O) groups excluding carboxylic acids is 1. The standard InChI is InChI=1S/C24H18Cl2N4OS2/c1-2-20-28-29-24(33-20)21-22(31)19(32-23(21)27)10-14-12-30(18-6-4-3-5-15(14)18)11-13-7-8-16(25)17(26)9-13/h3-10,12,21,27H,2,11H2,1H3/b19-10-,27-23?/t21-/m0/s1. The van der Waals surface area contributed by atoms with Crippen molar-refractivity contribution in [1.82, 2.24) is 14.8 Å². The molecule has 1 aliphatic rings. The minimum atomic E-state index is -0.649. The summed E-state index contributed by atoms with van der Waals surface area (Å²) in [6.07, 6.45) is 4.68. The zero-order chi connectivity index (χ0) is 23.1. The molecule has 1 atom stereocenters. The second-order valence-corrected chi connectivity index (χ2v) is 10.6. The van der Waals surface area contributed by atoms with Crippen molar-refractivity contribution in [3.8, 4) is 0 Å². The second-order valence-electron chi connectivity index (χ2n) is 7.64. The molecule has 5 nitrogen and oxygen atoms in total. The summed E-state index contributed by atoms with van der Waals surface area (Å²) in [7, 11) is 0. The van der Waals surface area contributed by atoms with Crippen molar-refractivity contribution in [2.45, 2.75) is 25.8 Å². The maximum atomic E-state index is 13.2. The Balaban J connectivity index is 1.50. The number of nitrogens with zero attached hydrogens (tertiary/aromatic N) is 3. The van der Waals surface area contributed by atoms with E-state index in [4.69, 9.17) is 28.6 Å². The number of halogens is 2. The number of aryl methyl sites for hydroxylation is 1. The Hall–Kier alpha value is -2.45. The number of rotatable bonds is 5. The first-order valence-corrected chi connectivity index (χ1v) is 12.7. The Morgan fingerprint density at radius 2 is 1.97 bits per heavy atom. The Kier molecular flexibility index (Phi) is 6.14. The first-order chi connectivity index (χ1) is 15.9. The number of carbonyl (C=O) groups is 1. The maximum absolute atomic E-state index is 13.2. The van der Waals surface area contributed by atoms with Crippen molar-refractivity contribution in [2.75, 3.05) is 0 Å². The Labute approximate surface area is 208 Å². The van der Waals surface area contributed by atoms with Gasteiger partial charge in [-0.05, 0) is 36.3 Å². The van der Waals surface area contributed by atoms with Crippen molar-refractivity contribution in [2.24, 2.45) is 0 Å². The third-order valence-corrected chi connectivity index (χ3v) is 8.33. The number of hydrogen-bond donors (Lipinski definition) is 1. The van der Waals surface area contributed by atoms with Crippen LogP contribution in [-0.2, 0) is 17.8 Å². The molecule has 1 fully saturated rings. The van der Waals surface area contributed by atoms with Gasteiger partial charge in [-0.2, -0.15) is 0 Å². The summed E-state index contributed by atoms with van der Waals surface area (Å²) in [6.45, 7) is 2.62. The van der Waals surface area contributed by atoms with Crippen molar-refractivity contribution >= 4 is 74.1 Å². The largest absolute Gasteiger partial charge is 0.342 e. The van der Waals surface area contributed by atoms with Crippen LogP contribution in [0.3, 0.4) is 0 Å². The topological polar surface area (TPSA) is 71.6 Å². The van der Waals surface area contributed by atoms with E-state index in [0.29, 0.717) is 31.5 Å². The normalized spacial score (nSPS) is 17.5. The number of thioether (sulfide) groups is 1. The molecule has 5 rings (SSSR count). The molecular weight excluding hydrogens is 495 g/mol. The molecule has 0 aliphatic carbocycles. The Morgan fingerprint density at radius 3 is 2.73 bits per heavy atom. The van der Waals surface area contributed by atoms with E-state index in [2.05, 4.69) is 20.8 Å². The SMILES string of the molecule is CCc1nnc([C@@H]2C(=N)S/C(=C\c3cn(Cc4ccc(Cl)c(Cl)c4)c4ccccc34)C2=O)s1. The van der Waals surface area contributed by atoms with E-state index in [9.17, 15) is 4.79 Å². The maximum Gasteiger partial charge on any atom is 0.186 e. The fraction of sp³-hybridized carbons (Fsp3) is 0.167. The van der Waals surface area contributed by atoms with Crippen LogP contribution < -0.4 is 0 Å². The second kappa shape index (κ2) is 9.06. The van der Waals surface area contributed by atoms with E-state index < -0.39 is 5.92 Å². The number of hydrogen-bond acceptors (Lipinski definition) is 6. The highest BCUT2D eigenvalue weighted by atomic mass is 35.5. The lowest BCUT2D eigenvalue weighted by molar-refractivity contribution is -0.114. The number of allylic oxidation sites excluding steroid dienone is 1. The van der Waals surface area contributed by atoms with Gasteiger partial charge >= 0.3 is 0 Å². The predicted molar refractivity (Wildman–Crippen MR) is 138 cm³/mol. The molecule has 166 valence electrons. The van der Waals surface area contributed by atoms with Gasteiger partial charge in [0.25, 0.3) is 0 Å². The fourth-order valence-corrected chi connectivity index (χ4v) is 6.10. The summed E-state index contributed by atoms with van der Waals surface area (Å²) in [5.74, 6) is -0.742. The fourth-order valence-electron chi connectivity index (χ4n) is 3.84. The number of para-hydroxylation sites is 1. The first kappa shape index (κ1) is 22.3. The number of Topliss-reactive ketones (excluding diaryl/α,β-unsaturated/α-hetero) is 1. The van der Waals surface area contributed by atoms with E-state index in [1.54, 1.807) is 6.07 Å². The summed E-state index contributed by atoms with van der Waals surface area (Å²) in [5, 5.41) is 20.5. The lowest BCUT2D eigenvalue weighted by Crippen LogP contribution is -2.11. The average molecular weight is 513 g/mol. The molecule has 0 bridgehead atoms. The molecule has 3 heterocycles. The van der Waals surface area contributed by atoms with E-state index >= 15 is 0 Å². The summed E-state index contributed by atoms with van der Waals surface area (Å²) in [4.78, 5) is 13.7. The number of benzene rings is 2. The van der Waals surface area contributed by atoms with Gasteiger partial charge in [-0.1, -0.05) is 66.2 Å². The van der Waals surface area contributed by atoms with Crippen LogP contribution in [0.25, 0.3) is 17.0 Å². The summed E-state index contributed by atoms with van der Waals surface area (Å²) in [5.41, 5.74) is 3.01. The van der Waals surface area contributed by atoms with Crippen LogP contribution in [0.5, 0.6) is 0 Å². The van der Waals surface area contributed by atoms with Crippen LogP contribution in [0.15, 0.2) is 53.6 Å². The minimum Gasteiger partial charge on any atom is -0.342 e. The van der Waals surface area contributed by atoms with Crippen LogP contribution in [0.4, 0.5) is 0 Å². The molecule has 0 spiro atoms. The van der Waals surface area contributed by atoms with Gasteiger partial charge in [-0.25, -0.2) is 0 Å². The van der Waals surface area contributed by atoms with E-state index in [-0.39, 0.29) is 5.78 Å². The van der Waals surface area contributed by atoms with Gasteiger partial charge in [0.2, 0.25) is 0 Å². The molecule has 4 aromatic rings. The van der Waals surface area contributed by atoms with Gasteiger partial charge < -0.3 is 4.57 Å². The van der Waals surface area contributed by atoms with Crippen molar-refractivity contribution in [3.63, 3.8) is 0 Å². The molecule has 2 aromatic heterocycles. The van der Waals surface area contributed by atoms with E-state index in [1.165, 1.54) is 23.1 Å². The third-order valence-electron chi connectivity index (χ3n) is 5.46. The van der Waals surface area contributed by atoms with Crippen molar-refractivity contribution in [3.05, 3.63) is 84.8 Å². The lowest BCUT2D eigenvalue weighted by Gasteiger charge is -2.06. The van der Waals surface area contributed by atoms with Crippen LogP contribution in [-0.4, -0.2) is 25.6 Å². The molecule has 0 saturated carbocycles. The molecule has 2 aromatic carbocycles. The number of ketones is 1. The summed E-state index contributed by atoms with van der Waals surface area (Å²) in [6, 6.07) is 13.7. The molecule has 9 heteroatoms. The van der Waals surface area contributed by atoms with Crippen LogP contribution in [0.1, 0.15) is 34.0 Å². The van der Waals surface area contributed by atoms with Gasteiger partial charge in [-0.3, -0.25) is 10.2 Å². The number of fused-ring (bicyclic) bond motifs is 1. The zero-order valence-corrected chi connectivity index (χ0v) is 20.7. The summed E-state index contributed by atoms with van der Waals surface area (Å²) < 4.78 is 2.13. The zero-order valence-electron chi connectivity index (χ0n) is 17.5. The highest BCUT2D eigenvalue weighted by Crippen LogP contribution is 2.42. The van der Waals surface area contributed by atoms with Gasteiger partial charge in [0.1, 0.15) is 15.9 Å². The molecule has 0 radical (unpaired) electrons. The average Bonchev–Trinajstić information content (AvgIpc) is 3.48. The predicted octanol–water partition coefficient (Wildman–Crippen LogP) is 6.83. The smallest absolute Gasteiger partial charge is 0.186 e. The molecule has 0 amide bonds. The van der Waals surface area contributed by atoms with Crippen LogP contribution >= 0.6 is 46.3 Å². The molecule has 1 N–H and O–H groups in total. The quantitative estimate of drug-likeness (QED) is 0.297. The highest BCUT2D eigenvalue weighted by molar-refractivity contribution is 8.19. The minimum absolute atomic E-state index is 0.0925. The Bertz CT molecular complexity index is 1440. The molecule has 1 aliphatic heterocycles. The van der Waals surface area contributed by atoms with Gasteiger partial charge in [0, 0.05) is 29.2 Å². The highest BCUT2D eigenvalue weighted by Gasteiger charge is 2.39. The third kappa shape index (κ3) is 4.26. The molecular formula is C24H18Cl2N4OS2. The molecule has 1 saturated heterocycles. The molecule has 0 unspecified atom stereocenters. The molecule has 33 heavy (non-hydrogen) atoms.